The van der Waals surface area contributed by atoms with Gasteiger partial charge in [0, 0.05) is 56.1 Å². The molecule has 0 saturated heterocycles. The molecule has 0 atom stereocenters. The zero-order valence-corrected chi connectivity index (χ0v) is 20.5. The first-order valence-corrected chi connectivity index (χ1v) is 12.2. The smallest absolute Gasteiger partial charge is 0.276 e. The molecule has 0 bridgehead atoms. The Morgan fingerprint density at radius 2 is 2.06 bits per heavy atom. The number of hydrogen-bond acceptors (Lipinski definition) is 7. The Morgan fingerprint density at radius 3 is 2.80 bits per heavy atom. The molecule has 35 heavy (non-hydrogen) atoms. The van der Waals surface area contributed by atoms with Gasteiger partial charge in [-0.1, -0.05) is 5.16 Å². The van der Waals surface area contributed by atoms with E-state index < -0.39 is 0 Å². The van der Waals surface area contributed by atoms with Crippen LogP contribution in [0, 0.1) is 19.8 Å². The van der Waals surface area contributed by atoms with Crippen molar-refractivity contribution in [1.82, 2.24) is 44.4 Å². The van der Waals surface area contributed by atoms with E-state index in [-0.39, 0.29) is 5.91 Å². The Balaban J connectivity index is 1.27. The second-order valence-electron chi connectivity index (χ2n) is 9.56. The standard InChI is InChI=1S/C24H29N9O2/c1-5-33-15(3)21(14(2)27-33)20-10-18(29-35-20)24(34)31-9-8-19-17(12-31)22(28-30(19)4)23-26-25-13-32(23)11-16-6-7-16/h10,13,16H,5-9,11-12H2,1-4H3. The molecule has 1 amide bonds. The van der Waals surface area contributed by atoms with Crippen LogP contribution >= 0.6 is 0 Å². The van der Waals surface area contributed by atoms with E-state index in [1.807, 2.05) is 42.1 Å². The molecule has 5 heterocycles. The van der Waals surface area contributed by atoms with Crippen LogP contribution in [0.25, 0.3) is 22.8 Å². The van der Waals surface area contributed by atoms with Crippen molar-refractivity contribution in [3.8, 4) is 22.8 Å². The van der Waals surface area contributed by atoms with E-state index in [0.717, 1.165) is 52.8 Å². The summed E-state index contributed by atoms with van der Waals surface area (Å²) < 4.78 is 11.5. The molecule has 1 saturated carbocycles. The van der Waals surface area contributed by atoms with Crippen LogP contribution in [-0.2, 0) is 33.1 Å². The molecule has 4 aromatic heterocycles. The monoisotopic (exact) mass is 475 g/mol. The van der Waals surface area contributed by atoms with Crippen molar-refractivity contribution in [3.63, 3.8) is 0 Å². The van der Waals surface area contributed by atoms with Crippen molar-refractivity contribution in [3.05, 3.63) is 40.7 Å². The second-order valence-corrected chi connectivity index (χ2v) is 9.56. The third kappa shape index (κ3) is 3.65. The van der Waals surface area contributed by atoms with Gasteiger partial charge in [-0.15, -0.1) is 10.2 Å². The molecule has 0 radical (unpaired) electrons. The minimum Gasteiger partial charge on any atom is -0.355 e. The highest BCUT2D eigenvalue weighted by Gasteiger charge is 2.32. The first kappa shape index (κ1) is 21.8. The van der Waals surface area contributed by atoms with Gasteiger partial charge in [-0.05, 0) is 39.5 Å². The summed E-state index contributed by atoms with van der Waals surface area (Å²) in [4.78, 5) is 15.2. The van der Waals surface area contributed by atoms with Crippen LogP contribution in [0.3, 0.4) is 0 Å². The first-order valence-electron chi connectivity index (χ1n) is 12.2. The summed E-state index contributed by atoms with van der Waals surface area (Å²) in [7, 11) is 1.95. The van der Waals surface area contributed by atoms with Gasteiger partial charge in [0.1, 0.15) is 12.0 Å². The van der Waals surface area contributed by atoms with Crippen LogP contribution in [0.4, 0.5) is 0 Å². The predicted molar refractivity (Wildman–Crippen MR) is 126 cm³/mol. The number of nitrogens with zero attached hydrogens (tertiary/aromatic N) is 9. The van der Waals surface area contributed by atoms with Gasteiger partial charge in [-0.2, -0.15) is 10.2 Å². The second kappa shape index (κ2) is 8.17. The average Bonchev–Trinajstić information content (AvgIpc) is 3.16. The zero-order chi connectivity index (χ0) is 24.3. The summed E-state index contributed by atoms with van der Waals surface area (Å²) in [5, 5.41) is 22.0. The maximum Gasteiger partial charge on any atom is 0.276 e. The molecule has 11 heteroatoms. The molecule has 0 unspecified atom stereocenters. The molecule has 0 spiro atoms. The Labute approximate surface area is 202 Å². The SMILES string of the molecule is CCn1nc(C)c(-c2cc(C(=O)N3CCc4c(c(-c5nncn5CC5CC5)nn4C)C3)no2)c1C. The summed E-state index contributed by atoms with van der Waals surface area (Å²) in [5.74, 6) is 1.88. The predicted octanol–water partition coefficient (Wildman–Crippen LogP) is 2.78. The molecule has 1 aliphatic heterocycles. The van der Waals surface area contributed by atoms with Gasteiger partial charge in [0.25, 0.3) is 5.91 Å². The Hall–Kier alpha value is -3.76. The zero-order valence-electron chi connectivity index (χ0n) is 20.5. The lowest BCUT2D eigenvalue weighted by Gasteiger charge is -2.26. The number of aromatic nitrogens is 8. The Morgan fingerprint density at radius 1 is 1.23 bits per heavy atom. The molecule has 182 valence electrons. The van der Waals surface area contributed by atoms with Crippen molar-refractivity contribution in [1.29, 1.82) is 0 Å². The quantitative estimate of drug-likeness (QED) is 0.421. The van der Waals surface area contributed by atoms with Crippen molar-refractivity contribution in [2.45, 2.75) is 59.7 Å². The van der Waals surface area contributed by atoms with Crippen LogP contribution in [0.15, 0.2) is 16.9 Å². The molecule has 11 nitrogen and oxygen atoms in total. The number of carbonyl (C=O) groups excluding carboxylic acids is 1. The lowest BCUT2D eigenvalue weighted by Crippen LogP contribution is -2.36. The van der Waals surface area contributed by atoms with E-state index in [1.165, 1.54) is 12.8 Å². The fourth-order valence-electron chi connectivity index (χ4n) is 5.11. The molecular formula is C24H29N9O2. The van der Waals surface area contributed by atoms with Gasteiger partial charge in [-0.25, -0.2) is 0 Å². The summed E-state index contributed by atoms with van der Waals surface area (Å²) in [6, 6.07) is 1.73. The van der Waals surface area contributed by atoms with Crippen molar-refractivity contribution < 1.29 is 9.32 Å². The first-order chi connectivity index (χ1) is 16.9. The van der Waals surface area contributed by atoms with Gasteiger partial charge in [-0.3, -0.25) is 14.2 Å². The minimum atomic E-state index is -0.155. The van der Waals surface area contributed by atoms with Crippen LogP contribution in [-0.4, -0.2) is 56.8 Å². The average molecular weight is 476 g/mol. The maximum absolute atomic E-state index is 13.4. The minimum absolute atomic E-state index is 0.155. The molecule has 4 aromatic rings. The van der Waals surface area contributed by atoms with Crippen molar-refractivity contribution >= 4 is 5.91 Å². The summed E-state index contributed by atoms with van der Waals surface area (Å²) in [5.41, 5.74) is 6.01. The fraction of sp³-hybridized carbons (Fsp3) is 0.500. The van der Waals surface area contributed by atoms with Gasteiger partial charge in [0.15, 0.2) is 17.3 Å². The molecule has 0 N–H and O–H groups in total. The summed E-state index contributed by atoms with van der Waals surface area (Å²) in [6.45, 7) is 8.70. The van der Waals surface area contributed by atoms with Gasteiger partial charge in [0.2, 0.25) is 0 Å². The lowest BCUT2D eigenvalue weighted by molar-refractivity contribution is 0.0723. The van der Waals surface area contributed by atoms with E-state index in [4.69, 9.17) is 9.62 Å². The fourth-order valence-corrected chi connectivity index (χ4v) is 5.11. The van der Waals surface area contributed by atoms with Crippen molar-refractivity contribution in [2.24, 2.45) is 13.0 Å². The molecule has 1 fully saturated rings. The highest BCUT2D eigenvalue weighted by Crippen LogP contribution is 2.34. The van der Waals surface area contributed by atoms with Gasteiger partial charge >= 0.3 is 0 Å². The highest BCUT2D eigenvalue weighted by molar-refractivity contribution is 5.93. The number of rotatable bonds is 6. The Bertz CT molecular complexity index is 1420. The van der Waals surface area contributed by atoms with E-state index in [1.54, 1.807) is 12.4 Å². The van der Waals surface area contributed by atoms with E-state index in [0.29, 0.717) is 36.9 Å². The molecule has 0 aromatic carbocycles. The maximum atomic E-state index is 13.4. The number of hydrogen-bond donors (Lipinski definition) is 0. The number of carbonyl (C=O) groups is 1. The van der Waals surface area contributed by atoms with Gasteiger partial charge in [0.05, 0.1) is 17.8 Å². The summed E-state index contributed by atoms with van der Waals surface area (Å²) >= 11 is 0. The number of fused-ring (bicyclic) bond motifs is 1. The van der Waals surface area contributed by atoms with Crippen LogP contribution in [0.2, 0.25) is 0 Å². The number of amides is 1. The van der Waals surface area contributed by atoms with E-state index in [9.17, 15) is 4.79 Å². The van der Waals surface area contributed by atoms with Crippen LogP contribution in [0.5, 0.6) is 0 Å². The largest absolute Gasteiger partial charge is 0.355 e. The molecule has 1 aliphatic carbocycles. The third-order valence-corrected chi connectivity index (χ3v) is 7.17. The lowest BCUT2D eigenvalue weighted by atomic mass is 10.0. The number of aryl methyl sites for hydroxylation is 3. The normalized spacial score (nSPS) is 15.6. The highest BCUT2D eigenvalue weighted by atomic mass is 16.5. The topological polar surface area (TPSA) is 113 Å². The van der Waals surface area contributed by atoms with E-state index >= 15 is 0 Å². The van der Waals surface area contributed by atoms with Gasteiger partial charge < -0.3 is 14.0 Å². The van der Waals surface area contributed by atoms with E-state index in [2.05, 4.69) is 25.0 Å². The Kier molecular flexibility index (Phi) is 5.08. The molecule has 2 aliphatic rings. The summed E-state index contributed by atoms with van der Waals surface area (Å²) in [6.07, 6.45) is 4.99. The third-order valence-electron chi connectivity index (χ3n) is 7.17. The van der Waals surface area contributed by atoms with Crippen LogP contribution < -0.4 is 0 Å². The molecule has 6 rings (SSSR count). The molecular weight excluding hydrogens is 446 g/mol. The van der Waals surface area contributed by atoms with Crippen molar-refractivity contribution in [2.75, 3.05) is 6.54 Å². The van der Waals surface area contributed by atoms with Crippen LogP contribution in [0.1, 0.15) is 52.9 Å².